The molecule has 0 saturated carbocycles. The van der Waals surface area contributed by atoms with E-state index < -0.39 is 0 Å². The zero-order valence-electron chi connectivity index (χ0n) is 8.83. The van der Waals surface area contributed by atoms with Gasteiger partial charge < -0.3 is 0 Å². The van der Waals surface area contributed by atoms with Gasteiger partial charge in [0.1, 0.15) is 5.82 Å². The van der Waals surface area contributed by atoms with Gasteiger partial charge in [0.2, 0.25) is 0 Å². The van der Waals surface area contributed by atoms with Crippen LogP contribution >= 0.6 is 27.5 Å². The SMILES string of the molecule is Fc1ccccc1/C(=C\Cl)c1ccccc1Br. The van der Waals surface area contributed by atoms with E-state index in [-0.39, 0.29) is 5.82 Å². The maximum atomic E-state index is 13.7. The maximum absolute atomic E-state index is 13.7. The molecule has 0 aromatic heterocycles. The van der Waals surface area contributed by atoms with Crippen LogP contribution < -0.4 is 0 Å². The first-order valence-electron chi connectivity index (χ1n) is 5.04. The summed E-state index contributed by atoms with van der Waals surface area (Å²) < 4.78 is 14.6. The molecule has 0 N–H and O–H groups in total. The first-order valence-corrected chi connectivity index (χ1v) is 6.27. The molecule has 0 spiro atoms. The maximum Gasteiger partial charge on any atom is 0.131 e. The van der Waals surface area contributed by atoms with Crippen molar-refractivity contribution in [3.63, 3.8) is 0 Å². The minimum Gasteiger partial charge on any atom is -0.206 e. The molecule has 0 fully saturated rings. The number of hydrogen-bond donors (Lipinski definition) is 0. The molecule has 0 nitrogen and oxygen atoms in total. The van der Waals surface area contributed by atoms with E-state index in [1.54, 1.807) is 18.2 Å². The molecule has 0 bridgehead atoms. The van der Waals surface area contributed by atoms with Crippen molar-refractivity contribution in [1.29, 1.82) is 0 Å². The van der Waals surface area contributed by atoms with Gasteiger partial charge >= 0.3 is 0 Å². The summed E-state index contributed by atoms with van der Waals surface area (Å²) in [7, 11) is 0. The predicted molar refractivity (Wildman–Crippen MR) is 73.5 cm³/mol. The summed E-state index contributed by atoms with van der Waals surface area (Å²) in [6, 6.07) is 14.2. The molecule has 0 aliphatic heterocycles. The first kappa shape index (κ1) is 12.3. The fourth-order valence-corrected chi connectivity index (χ4v) is 2.36. The highest BCUT2D eigenvalue weighted by atomic mass is 79.9. The summed E-state index contributed by atoms with van der Waals surface area (Å²) in [4.78, 5) is 0. The molecule has 2 aromatic rings. The van der Waals surface area contributed by atoms with E-state index in [0.29, 0.717) is 11.1 Å². The standard InChI is InChI=1S/C14H9BrClF/c15-13-7-3-1-5-10(13)12(9-16)11-6-2-4-8-14(11)17/h1-9H/b12-9-. The van der Waals surface area contributed by atoms with Crippen LogP contribution in [0.4, 0.5) is 4.39 Å². The molecule has 2 rings (SSSR count). The summed E-state index contributed by atoms with van der Waals surface area (Å²) >= 11 is 9.27. The summed E-state index contributed by atoms with van der Waals surface area (Å²) in [5, 5.41) is 0. The fourth-order valence-electron chi connectivity index (χ4n) is 1.62. The molecule has 86 valence electrons. The van der Waals surface area contributed by atoms with Crippen LogP contribution in [0.3, 0.4) is 0 Å². The van der Waals surface area contributed by atoms with Gasteiger partial charge in [-0.15, -0.1) is 0 Å². The van der Waals surface area contributed by atoms with Crippen molar-refractivity contribution in [2.24, 2.45) is 0 Å². The van der Waals surface area contributed by atoms with Gasteiger partial charge in [-0.2, -0.15) is 0 Å². The van der Waals surface area contributed by atoms with E-state index in [9.17, 15) is 4.39 Å². The van der Waals surface area contributed by atoms with E-state index in [1.165, 1.54) is 11.6 Å². The molecule has 0 unspecified atom stereocenters. The van der Waals surface area contributed by atoms with Gasteiger partial charge in [0.15, 0.2) is 0 Å². The molecule has 0 radical (unpaired) electrons. The number of halogens is 3. The molecule has 0 saturated heterocycles. The Kier molecular flexibility index (Phi) is 3.97. The normalized spacial score (nSPS) is 11.6. The summed E-state index contributed by atoms with van der Waals surface area (Å²) in [6.07, 6.45) is 0. The van der Waals surface area contributed by atoms with Crippen molar-refractivity contribution < 1.29 is 4.39 Å². The fraction of sp³-hybridized carbons (Fsp3) is 0. The minimum absolute atomic E-state index is 0.282. The Morgan fingerprint density at radius 3 is 2.18 bits per heavy atom. The molecule has 0 aliphatic carbocycles. The quantitative estimate of drug-likeness (QED) is 0.713. The van der Waals surface area contributed by atoms with Crippen LogP contribution in [0.1, 0.15) is 11.1 Å². The van der Waals surface area contributed by atoms with E-state index >= 15 is 0 Å². The molecule has 0 atom stereocenters. The van der Waals surface area contributed by atoms with Crippen LogP contribution in [0.2, 0.25) is 0 Å². The first-order chi connectivity index (χ1) is 8.24. The summed E-state index contributed by atoms with van der Waals surface area (Å²) in [5.41, 5.74) is 3.43. The van der Waals surface area contributed by atoms with Crippen molar-refractivity contribution in [3.8, 4) is 0 Å². The molecule has 2 aromatic carbocycles. The molecular weight excluding hydrogens is 303 g/mol. The van der Waals surface area contributed by atoms with Gasteiger partial charge in [0.05, 0.1) is 0 Å². The monoisotopic (exact) mass is 310 g/mol. The smallest absolute Gasteiger partial charge is 0.131 e. The third kappa shape index (κ3) is 2.59. The lowest BCUT2D eigenvalue weighted by Crippen LogP contribution is -1.92. The highest BCUT2D eigenvalue weighted by molar-refractivity contribution is 9.10. The van der Waals surface area contributed by atoms with E-state index in [2.05, 4.69) is 15.9 Å². The van der Waals surface area contributed by atoms with Gasteiger partial charge in [-0.25, -0.2) is 4.39 Å². The topological polar surface area (TPSA) is 0 Å². The van der Waals surface area contributed by atoms with Crippen molar-refractivity contribution in [2.75, 3.05) is 0 Å². The van der Waals surface area contributed by atoms with Crippen molar-refractivity contribution in [3.05, 3.63) is 75.5 Å². The van der Waals surface area contributed by atoms with Crippen molar-refractivity contribution in [1.82, 2.24) is 0 Å². The Balaban J connectivity index is 2.57. The lowest BCUT2D eigenvalue weighted by molar-refractivity contribution is 0.624. The summed E-state index contributed by atoms with van der Waals surface area (Å²) in [5.74, 6) is -0.282. The van der Waals surface area contributed by atoms with Crippen LogP contribution in [0, 0.1) is 5.82 Å². The van der Waals surface area contributed by atoms with E-state index in [1.807, 2.05) is 24.3 Å². The van der Waals surface area contributed by atoms with Gasteiger partial charge in [-0.1, -0.05) is 63.9 Å². The zero-order valence-corrected chi connectivity index (χ0v) is 11.2. The van der Waals surface area contributed by atoms with Gasteiger partial charge in [0.25, 0.3) is 0 Å². The number of benzene rings is 2. The Labute approximate surface area is 113 Å². The van der Waals surface area contributed by atoms with Crippen LogP contribution in [0.15, 0.2) is 58.5 Å². The minimum atomic E-state index is -0.282. The molecule has 0 heterocycles. The Bertz CT molecular complexity index is 516. The van der Waals surface area contributed by atoms with Crippen LogP contribution in [0.5, 0.6) is 0 Å². The van der Waals surface area contributed by atoms with E-state index in [0.717, 1.165) is 10.0 Å². The third-order valence-electron chi connectivity index (χ3n) is 2.44. The van der Waals surface area contributed by atoms with Crippen LogP contribution in [0.25, 0.3) is 5.57 Å². The highest BCUT2D eigenvalue weighted by Gasteiger charge is 2.11. The molecule has 0 amide bonds. The zero-order chi connectivity index (χ0) is 12.3. The Morgan fingerprint density at radius 1 is 1.00 bits per heavy atom. The lowest BCUT2D eigenvalue weighted by Gasteiger charge is -2.09. The number of rotatable bonds is 2. The second kappa shape index (κ2) is 5.48. The Hall–Kier alpha value is -1.12. The second-order valence-corrected chi connectivity index (χ2v) is 4.56. The highest BCUT2D eigenvalue weighted by Crippen LogP contribution is 2.31. The molecule has 0 aliphatic rings. The average Bonchev–Trinajstić information content (AvgIpc) is 2.34. The average molecular weight is 312 g/mol. The van der Waals surface area contributed by atoms with Crippen LogP contribution in [-0.2, 0) is 0 Å². The Morgan fingerprint density at radius 2 is 1.59 bits per heavy atom. The lowest BCUT2D eigenvalue weighted by atomic mass is 9.99. The predicted octanol–water partition coefficient (Wildman–Crippen LogP) is 5.22. The van der Waals surface area contributed by atoms with Gasteiger partial charge in [-0.3, -0.25) is 0 Å². The van der Waals surface area contributed by atoms with Crippen molar-refractivity contribution in [2.45, 2.75) is 0 Å². The summed E-state index contributed by atoms with van der Waals surface area (Å²) in [6.45, 7) is 0. The van der Waals surface area contributed by atoms with Crippen molar-refractivity contribution >= 4 is 33.1 Å². The molecule has 3 heteroatoms. The van der Waals surface area contributed by atoms with Crippen LogP contribution in [-0.4, -0.2) is 0 Å². The third-order valence-corrected chi connectivity index (χ3v) is 3.35. The molecule has 17 heavy (non-hydrogen) atoms. The number of hydrogen-bond acceptors (Lipinski definition) is 0. The van der Waals surface area contributed by atoms with Gasteiger partial charge in [-0.05, 0) is 17.7 Å². The second-order valence-electron chi connectivity index (χ2n) is 3.48. The largest absolute Gasteiger partial charge is 0.206 e. The van der Waals surface area contributed by atoms with Gasteiger partial charge in [0, 0.05) is 21.1 Å². The van der Waals surface area contributed by atoms with E-state index in [4.69, 9.17) is 11.6 Å². The molecular formula is C14H9BrClF.